The van der Waals surface area contributed by atoms with Crippen LogP contribution in [0.25, 0.3) is 11.3 Å². The summed E-state index contributed by atoms with van der Waals surface area (Å²) >= 11 is 6.27. The fourth-order valence-corrected chi connectivity index (χ4v) is 2.16. The first-order valence-corrected chi connectivity index (χ1v) is 6.93. The van der Waals surface area contributed by atoms with Crippen molar-refractivity contribution >= 4 is 11.6 Å². The van der Waals surface area contributed by atoms with Gasteiger partial charge in [0.1, 0.15) is 11.4 Å². The van der Waals surface area contributed by atoms with Gasteiger partial charge in [0, 0.05) is 11.6 Å². The number of rotatable bonds is 3. The molecule has 0 radical (unpaired) electrons. The van der Waals surface area contributed by atoms with Gasteiger partial charge in [-0.25, -0.2) is 0 Å². The number of nitrogens with zero attached hydrogens (tertiary/aromatic N) is 2. The molecule has 0 aliphatic heterocycles. The molecule has 0 atom stereocenters. The maximum absolute atomic E-state index is 6.27. The molecule has 4 heteroatoms. The Morgan fingerprint density at radius 2 is 1.62 bits per heavy atom. The second-order valence-electron chi connectivity index (χ2n) is 4.66. The first-order chi connectivity index (χ1) is 10.2. The predicted octanol–water partition coefficient (Wildman–Crippen LogP) is 4.90. The molecule has 0 fully saturated rings. The van der Waals surface area contributed by atoms with Gasteiger partial charge in [-0.15, -0.1) is 10.2 Å². The van der Waals surface area contributed by atoms with Crippen molar-refractivity contribution in [3.05, 3.63) is 71.2 Å². The second kappa shape index (κ2) is 5.94. The summed E-state index contributed by atoms with van der Waals surface area (Å²) in [6, 6.07) is 19.1. The van der Waals surface area contributed by atoms with E-state index in [0.717, 1.165) is 5.56 Å². The number of ether oxygens (including phenoxy) is 1. The van der Waals surface area contributed by atoms with E-state index in [-0.39, 0.29) is 0 Å². The zero-order chi connectivity index (χ0) is 14.7. The fourth-order valence-electron chi connectivity index (χ4n) is 1.92. The van der Waals surface area contributed by atoms with Gasteiger partial charge in [0.2, 0.25) is 5.88 Å². The lowest BCUT2D eigenvalue weighted by Crippen LogP contribution is -1.94. The third kappa shape index (κ3) is 3.20. The Balaban J connectivity index is 1.86. The van der Waals surface area contributed by atoms with Crippen LogP contribution in [0.1, 0.15) is 5.56 Å². The van der Waals surface area contributed by atoms with Crippen molar-refractivity contribution in [1.82, 2.24) is 10.2 Å². The van der Waals surface area contributed by atoms with E-state index in [2.05, 4.69) is 10.2 Å². The number of hydrogen-bond donors (Lipinski definition) is 0. The molecule has 0 amide bonds. The Hall–Kier alpha value is -2.39. The lowest BCUT2D eigenvalue weighted by molar-refractivity contribution is 0.455. The highest BCUT2D eigenvalue weighted by Crippen LogP contribution is 2.28. The maximum atomic E-state index is 6.27. The molecule has 3 aromatic rings. The average molecular weight is 297 g/mol. The van der Waals surface area contributed by atoms with Crippen LogP contribution in [0.4, 0.5) is 0 Å². The minimum absolute atomic E-state index is 0.378. The van der Waals surface area contributed by atoms with Gasteiger partial charge in [-0.05, 0) is 19.1 Å². The number of aromatic nitrogens is 2. The van der Waals surface area contributed by atoms with Gasteiger partial charge in [0.05, 0.1) is 5.02 Å². The Labute approximate surface area is 128 Å². The van der Waals surface area contributed by atoms with Crippen molar-refractivity contribution in [3.8, 4) is 22.9 Å². The Morgan fingerprint density at radius 1 is 0.905 bits per heavy atom. The highest BCUT2D eigenvalue weighted by atomic mass is 35.5. The molecule has 3 nitrogen and oxygen atoms in total. The third-order valence-electron chi connectivity index (χ3n) is 3.02. The van der Waals surface area contributed by atoms with E-state index >= 15 is 0 Å². The SMILES string of the molecule is Cc1ccc(Oc2cc(Cl)c(-c3ccccc3)nn2)cc1. The molecule has 2 aromatic carbocycles. The lowest BCUT2D eigenvalue weighted by Gasteiger charge is -2.07. The molecule has 0 saturated heterocycles. The van der Waals surface area contributed by atoms with Crippen LogP contribution in [-0.4, -0.2) is 10.2 Å². The van der Waals surface area contributed by atoms with Gasteiger partial charge in [0.25, 0.3) is 0 Å². The topological polar surface area (TPSA) is 35.0 Å². The van der Waals surface area contributed by atoms with Crippen LogP contribution < -0.4 is 4.74 Å². The van der Waals surface area contributed by atoms with Crippen molar-refractivity contribution in [2.45, 2.75) is 6.92 Å². The van der Waals surface area contributed by atoms with E-state index < -0.39 is 0 Å². The van der Waals surface area contributed by atoms with Gasteiger partial charge in [-0.3, -0.25) is 0 Å². The van der Waals surface area contributed by atoms with Crippen molar-refractivity contribution < 1.29 is 4.74 Å². The van der Waals surface area contributed by atoms with E-state index in [9.17, 15) is 0 Å². The van der Waals surface area contributed by atoms with Crippen molar-refractivity contribution in [3.63, 3.8) is 0 Å². The van der Waals surface area contributed by atoms with Crippen molar-refractivity contribution in [1.29, 1.82) is 0 Å². The smallest absolute Gasteiger partial charge is 0.240 e. The molecule has 21 heavy (non-hydrogen) atoms. The van der Waals surface area contributed by atoms with Gasteiger partial charge >= 0.3 is 0 Å². The summed E-state index contributed by atoms with van der Waals surface area (Å²) in [5.41, 5.74) is 2.75. The van der Waals surface area contributed by atoms with Crippen LogP contribution in [0.3, 0.4) is 0 Å². The quantitative estimate of drug-likeness (QED) is 0.689. The standard InChI is InChI=1S/C17H13ClN2O/c1-12-7-9-14(10-8-12)21-16-11-15(18)17(20-19-16)13-5-3-2-4-6-13/h2-11H,1H3. The van der Waals surface area contributed by atoms with Crippen LogP contribution in [0.15, 0.2) is 60.7 Å². The molecule has 3 rings (SSSR count). The van der Waals surface area contributed by atoms with Crippen LogP contribution in [0.2, 0.25) is 5.02 Å². The minimum atomic E-state index is 0.378. The Bertz CT molecular complexity index is 742. The van der Waals surface area contributed by atoms with Crippen molar-refractivity contribution in [2.24, 2.45) is 0 Å². The first-order valence-electron chi connectivity index (χ1n) is 6.55. The molecule has 0 unspecified atom stereocenters. The highest BCUT2D eigenvalue weighted by molar-refractivity contribution is 6.33. The molecule has 0 spiro atoms. The van der Waals surface area contributed by atoms with E-state index in [1.165, 1.54) is 5.56 Å². The number of aryl methyl sites for hydroxylation is 1. The van der Waals surface area contributed by atoms with Crippen LogP contribution in [0, 0.1) is 6.92 Å². The van der Waals surface area contributed by atoms with E-state index in [4.69, 9.17) is 16.3 Å². The van der Waals surface area contributed by atoms with Gasteiger partial charge in [0.15, 0.2) is 0 Å². The number of hydrogen-bond acceptors (Lipinski definition) is 3. The lowest BCUT2D eigenvalue weighted by atomic mass is 10.1. The van der Waals surface area contributed by atoms with E-state index in [1.807, 2.05) is 61.5 Å². The fraction of sp³-hybridized carbons (Fsp3) is 0.0588. The molecule has 1 aromatic heterocycles. The maximum Gasteiger partial charge on any atom is 0.240 e. The Morgan fingerprint density at radius 3 is 2.29 bits per heavy atom. The summed E-state index contributed by atoms with van der Waals surface area (Å²) in [7, 11) is 0. The van der Waals surface area contributed by atoms with E-state index in [1.54, 1.807) is 6.07 Å². The monoisotopic (exact) mass is 296 g/mol. The number of halogens is 1. The second-order valence-corrected chi connectivity index (χ2v) is 5.07. The molecule has 104 valence electrons. The van der Waals surface area contributed by atoms with Crippen LogP contribution in [0.5, 0.6) is 11.6 Å². The number of benzene rings is 2. The van der Waals surface area contributed by atoms with Crippen LogP contribution in [-0.2, 0) is 0 Å². The third-order valence-corrected chi connectivity index (χ3v) is 3.30. The summed E-state index contributed by atoms with van der Waals surface area (Å²) in [5.74, 6) is 1.09. The summed E-state index contributed by atoms with van der Waals surface area (Å²) in [4.78, 5) is 0. The molecule has 0 N–H and O–H groups in total. The Kier molecular flexibility index (Phi) is 3.84. The van der Waals surface area contributed by atoms with Crippen LogP contribution >= 0.6 is 11.6 Å². The van der Waals surface area contributed by atoms with E-state index in [0.29, 0.717) is 22.3 Å². The summed E-state index contributed by atoms with van der Waals surface area (Å²) in [6.07, 6.45) is 0. The summed E-state index contributed by atoms with van der Waals surface area (Å²) < 4.78 is 5.65. The van der Waals surface area contributed by atoms with Gasteiger partial charge in [-0.2, -0.15) is 0 Å². The molecule has 1 heterocycles. The molecule has 0 aliphatic carbocycles. The first kappa shape index (κ1) is 13.6. The molecule has 0 aliphatic rings. The minimum Gasteiger partial charge on any atom is -0.437 e. The average Bonchev–Trinajstić information content (AvgIpc) is 2.51. The highest BCUT2D eigenvalue weighted by Gasteiger charge is 2.08. The normalized spacial score (nSPS) is 10.4. The predicted molar refractivity (Wildman–Crippen MR) is 83.7 cm³/mol. The van der Waals surface area contributed by atoms with Gasteiger partial charge < -0.3 is 4.74 Å². The molecular weight excluding hydrogens is 284 g/mol. The van der Waals surface area contributed by atoms with Gasteiger partial charge in [-0.1, -0.05) is 59.6 Å². The van der Waals surface area contributed by atoms with Crippen molar-refractivity contribution in [2.75, 3.05) is 0 Å². The largest absolute Gasteiger partial charge is 0.437 e. The zero-order valence-electron chi connectivity index (χ0n) is 11.5. The molecule has 0 saturated carbocycles. The zero-order valence-corrected chi connectivity index (χ0v) is 12.2. The molecule has 0 bridgehead atoms. The summed E-state index contributed by atoms with van der Waals surface area (Å²) in [6.45, 7) is 2.02. The molecular formula is C17H13ClN2O. The summed E-state index contributed by atoms with van der Waals surface area (Å²) in [5, 5.41) is 8.74.